The van der Waals surface area contributed by atoms with Crippen molar-refractivity contribution in [3.05, 3.63) is 137 Å². The number of unbranched alkanes of at least 4 members (excludes halogenated alkanes) is 16. The number of carboxylic acids is 1. The number of aryl methyl sites for hydroxylation is 2. The summed E-state index contributed by atoms with van der Waals surface area (Å²) in [6.07, 6.45) is 15.3. The van der Waals surface area contributed by atoms with E-state index in [0.717, 1.165) is 60.3 Å². The highest BCUT2D eigenvalue weighted by molar-refractivity contribution is 6.17. The molecule has 8 heteroatoms. The summed E-state index contributed by atoms with van der Waals surface area (Å²) < 4.78 is 44.3. The lowest BCUT2D eigenvalue weighted by molar-refractivity contribution is -0.167. The van der Waals surface area contributed by atoms with Crippen LogP contribution in [-0.4, -0.2) is 29.2 Å². The van der Waals surface area contributed by atoms with Crippen LogP contribution in [-0.2, 0) is 15.0 Å². The highest BCUT2D eigenvalue weighted by Crippen LogP contribution is 2.51. The van der Waals surface area contributed by atoms with E-state index in [1.165, 1.54) is 76.2 Å². The van der Waals surface area contributed by atoms with E-state index in [1.807, 2.05) is 36.4 Å². The van der Waals surface area contributed by atoms with Crippen LogP contribution in [0.3, 0.4) is 0 Å². The summed E-state index contributed by atoms with van der Waals surface area (Å²) in [6.45, 7) is 10.5. The fraction of sp³-hybridized carbons (Fsp3) is 0.467. The average molecular weight is 929 g/mol. The number of anilines is 3. The maximum atomic E-state index is 14.8. The molecule has 0 fully saturated rings. The summed E-state index contributed by atoms with van der Waals surface area (Å²) in [5.74, 6) is -2.25. The van der Waals surface area contributed by atoms with Gasteiger partial charge >= 0.3 is 12.1 Å². The van der Waals surface area contributed by atoms with Crippen molar-refractivity contribution in [2.75, 3.05) is 4.90 Å². The van der Waals surface area contributed by atoms with E-state index in [-0.39, 0.29) is 24.0 Å². The van der Waals surface area contributed by atoms with Crippen LogP contribution in [0.1, 0.15) is 177 Å². The van der Waals surface area contributed by atoms with E-state index in [4.69, 9.17) is 0 Å². The SMILES string of the molecule is CCCCCCCCCCCCCCCCCCCC(NC(=O)C1(C(=O)O)c2cc(C)ccc2-c2ccc(-c3ccc(N(c4ccc(C)cc4)c4ccc(C(C)CC)cc4)cc3)cc21)C(F)(F)F. The minimum absolute atomic E-state index is 0.158. The molecule has 0 bridgehead atoms. The van der Waals surface area contributed by atoms with Gasteiger partial charge in [-0.3, -0.25) is 9.59 Å². The van der Waals surface area contributed by atoms with Crippen molar-refractivity contribution in [2.45, 2.75) is 180 Å². The number of amides is 1. The number of alkyl halides is 3. The number of carbonyl (C=O) groups is 2. The smallest absolute Gasteiger partial charge is 0.408 e. The monoisotopic (exact) mass is 929 g/mol. The fourth-order valence-electron chi connectivity index (χ4n) is 9.98. The van der Waals surface area contributed by atoms with E-state index < -0.39 is 29.5 Å². The van der Waals surface area contributed by atoms with E-state index in [9.17, 15) is 27.9 Å². The molecule has 68 heavy (non-hydrogen) atoms. The third-order valence-corrected chi connectivity index (χ3v) is 14.3. The van der Waals surface area contributed by atoms with Crippen LogP contribution in [0.25, 0.3) is 22.3 Å². The van der Waals surface area contributed by atoms with Crippen LogP contribution in [0.15, 0.2) is 109 Å². The van der Waals surface area contributed by atoms with Crippen molar-refractivity contribution in [1.29, 1.82) is 0 Å². The van der Waals surface area contributed by atoms with E-state index in [1.54, 1.807) is 31.2 Å². The Balaban J connectivity index is 1.15. The molecule has 6 rings (SSSR count). The third-order valence-electron chi connectivity index (χ3n) is 14.3. The van der Waals surface area contributed by atoms with E-state index >= 15 is 0 Å². The maximum Gasteiger partial charge on any atom is 0.408 e. The normalized spacial score (nSPS) is 15.1. The van der Waals surface area contributed by atoms with Crippen LogP contribution in [0.5, 0.6) is 0 Å². The largest absolute Gasteiger partial charge is 0.480 e. The van der Waals surface area contributed by atoms with Crippen LogP contribution in [0.2, 0.25) is 0 Å². The van der Waals surface area contributed by atoms with Crippen molar-refractivity contribution >= 4 is 28.9 Å². The Labute approximate surface area is 405 Å². The Hall–Kier alpha value is -5.37. The minimum Gasteiger partial charge on any atom is -0.480 e. The molecule has 5 aromatic rings. The van der Waals surface area contributed by atoms with Gasteiger partial charge in [0, 0.05) is 17.1 Å². The van der Waals surface area contributed by atoms with Crippen molar-refractivity contribution in [1.82, 2.24) is 5.32 Å². The molecule has 0 saturated heterocycles. The number of carboxylic acid groups (broad SMARTS) is 1. The van der Waals surface area contributed by atoms with Gasteiger partial charge < -0.3 is 15.3 Å². The predicted octanol–water partition coefficient (Wildman–Crippen LogP) is 17.4. The first-order valence-corrected chi connectivity index (χ1v) is 25.7. The summed E-state index contributed by atoms with van der Waals surface area (Å²) in [6, 6.07) is 33.3. The number of benzene rings is 5. The number of halogens is 3. The average Bonchev–Trinajstić information content (AvgIpc) is 3.62. The lowest BCUT2D eigenvalue weighted by atomic mass is 9.76. The van der Waals surface area contributed by atoms with Crippen LogP contribution >= 0.6 is 0 Å². The van der Waals surface area contributed by atoms with Gasteiger partial charge in [0.2, 0.25) is 5.91 Å². The minimum atomic E-state index is -4.76. The molecule has 0 aromatic heterocycles. The van der Waals surface area contributed by atoms with Crippen LogP contribution in [0, 0.1) is 13.8 Å². The van der Waals surface area contributed by atoms with Gasteiger partial charge in [0.1, 0.15) is 6.04 Å². The molecule has 1 aliphatic carbocycles. The quantitative estimate of drug-likeness (QED) is 0.0407. The predicted molar refractivity (Wildman–Crippen MR) is 275 cm³/mol. The Morgan fingerprint density at radius 1 is 0.574 bits per heavy atom. The zero-order valence-corrected chi connectivity index (χ0v) is 41.3. The van der Waals surface area contributed by atoms with E-state index in [2.05, 4.69) is 86.4 Å². The Kier molecular flexibility index (Phi) is 18.9. The molecule has 1 amide bonds. The van der Waals surface area contributed by atoms with Gasteiger partial charge in [-0.1, -0.05) is 208 Å². The first-order chi connectivity index (χ1) is 32.8. The molecule has 0 heterocycles. The van der Waals surface area contributed by atoms with Gasteiger partial charge in [0.15, 0.2) is 5.41 Å². The molecule has 0 spiro atoms. The van der Waals surface area contributed by atoms with Crippen molar-refractivity contribution in [3.63, 3.8) is 0 Å². The number of nitrogens with one attached hydrogen (secondary N) is 1. The molecule has 5 nitrogen and oxygen atoms in total. The highest BCUT2D eigenvalue weighted by atomic mass is 19.4. The standard InChI is InChI=1S/C60H75F3N2O3/c1-6-8-9-10-11-12-13-14-15-16-17-18-19-20-21-22-23-24-56(60(61,62)63)64-57(66)59(58(67)68)54-41-44(4)27-39-52(54)53-40-32-48(42-55(53)59)47-30-37-51(38-31-47)65(49-33-25-43(3)26-34-49)50-35-28-46(29-36-50)45(5)7-2/h25-42,45,56H,6-24H2,1-5H3,(H,64,66)(H,67,68). The number of hydrogen-bond acceptors (Lipinski definition) is 3. The molecule has 364 valence electrons. The van der Waals surface area contributed by atoms with Gasteiger partial charge in [-0.2, -0.15) is 13.2 Å². The zero-order valence-electron chi connectivity index (χ0n) is 41.3. The number of rotatable bonds is 27. The summed E-state index contributed by atoms with van der Waals surface area (Å²) in [7, 11) is 0. The Morgan fingerprint density at radius 2 is 1.00 bits per heavy atom. The van der Waals surface area contributed by atoms with E-state index in [0.29, 0.717) is 34.6 Å². The first-order valence-electron chi connectivity index (χ1n) is 25.7. The molecule has 0 aliphatic heterocycles. The van der Waals surface area contributed by atoms with Gasteiger partial charge in [-0.25, -0.2) is 0 Å². The third kappa shape index (κ3) is 12.8. The van der Waals surface area contributed by atoms with Gasteiger partial charge in [-0.15, -0.1) is 0 Å². The molecule has 3 atom stereocenters. The molecule has 0 radical (unpaired) electrons. The summed E-state index contributed by atoms with van der Waals surface area (Å²) >= 11 is 0. The van der Waals surface area contributed by atoms with Gasteiger partial charge in [0.25, 0.3) is 0 Å². The molecule has 0 saturated carbocycles. The second kappa shape index (κ2) is 24.8. The summed E-state index contributed by atoms with van der Waals surface area (Å²) in [5, 5.41) is 13.4. The second-order valence-corrected chi connectivity index (χ2v) is 19.5. The number of hydrogen-bond donors (Lipinski definition) is 2. The lowest BCUT2D eigenvalue weighted by Gasteiger charge is -2.30. The molecular weight excluding hydrogens is 854 g/mol. The fourth-order valence-corrected chi connectivity index (χ4v) is 9.98. The lowest BCUT2D eigenvalue weighted by Crippen LogP contribution is -2.56. The molecule has 2 N–H and O–H groups in total. The maximum absolute atomic E-state index is 14.8. The first kappa shape index (κ1) is 52.0. The second-order valence-electron chi connectivity index (χ2n) is 19.5. The van der Waals surface area contributed by atoms with Crippen LogP contribution in [0.4, 0.5) is 30.2 Å². The Bertz CT molecular complexity index is 2370. The number of nitrogens with zero attached hydrogens (tertiary/aromatic N) is 1. The van der Waals surface area contributed by atoms with Crippen molar-refractivity contribution in [2.24, 2.45) is 0 Å². The van der Waals surface area contributed by atoms with Gasteiger partial charge in [0.05, 0.1) is 0 Å². The van der Waals surface area contributed by atoms with Crippen molar-refractivity contribution in [3.8, 4) is 22.3 Å². The molecular formula is C60H75F3N2O3. The number of fused-ring (bicyclic) bond motifs is 3. The highest BCUT2D eigenvalue weighted by Gasteiger charge is 2.57. The number of carbonyl (C=O) groups excluding carboxylic acids is 1. The topological polar surface area (TPSA) is 69.6 Å². The van der Waals surface area contributed by atoms with Crippen molar-refractivity contribution < 1.29 is 27.9 Å². The Morgan fingerprint density at radius 3 is 1.49 bits per heavy atom. The molecule has 5 aromatic carbocycles. The van der Waals surface area contributed by atoms with Crippen LogP contribution < -0.4 is 10.2 Å². The zero-order chi connectivity index (χ0) is 48.7. The number of aliphatic carboxylic acids is 1. The molecule has 3 unspecified atom stereocenters. The summed E-state index contributed by atoms with van der Waals surface area (Å²) in [4.78, 5) is 30.5. The summed E-state index contributed by atoms with van der Waals surface area (Å²) in [5.41, 5.74) is 6.42. The molecule has 1 aliphatic rings. The van der Waals surface area contributed by atoms with Gasteiger partial charge in [-0.05, 0) is 114 Å².